The Balaban J connectivity index is 0.00000242. The van der Waals surface area contributed by atoms with Gasteiger partial charge in [-0.2, -0.15) is 0 Å². The van der Waals surface area contributed by atoms with Gasteiger partial charge < -0.3 is 10.6 Å². The smallest absolute Gasteiger partial charge is 0.220 e. The number of halogens is 2. The molecule has 2 aliphatic rings. The number of amides is 1. The van der Waals surface area contributed by atoms with Crippen molar-refractivity contribution in [2.75, 3.05) is 50.8 Å². The van der Waals surface area contributed by atoms with Crippen molar-refractivity contribution in [3.05, 3.63) is 0 Å². The lowest BCUT2D eigenvalue weighted by Crippen LogP contribution is -2.43. The normalized spacial score (nSPS) is 21.7. The second-order valence-electron chi connectivity index (χ2n) is 6.08. The van der Waals surface area contributed by atoms with E-state index in [0.717, 1.165) is 26.1 Å². The van der Waals surface area contributed by atoms with Gasteiger partial charge in [-0.15, -0.1) is 24.8 Å². The Kier molecular flexibility index (Phi) is 11.4. The summed E-state index contributed by atoms with van der Waals surface area (Å²) in [6.07, 6.45) is 3.94. The first kappa shape index (κ1) is 22.9. The van der Waals surface area contributed by atoms with Crippen molar-refractivity contribution in [2.45, 2.75) is 25.7 Å². The van der Waals surface area contributed by atoms with Gasteiger partial charge in [0, 0.05) is 32.6 Å². The Bertz CT molecular complexity index is 429. The van der Waals surface area contributed by atoms with Gasteiger partial charge in [-0.05, 0) is 38.3 Å². The molecule has 0 aliphatic carbocycles. The second-order valence-corrected chi connectivity index (χ2v) is 8.38. The van der Waals surface area contributed by atoms with Gasteiger partial charge in [0.15, 0.2) is 9.84 Å². The Hall–Kier alpha value is -0.0800. The molecule has 2 saturated heterocycles. The Labute approximate surface area is 151 Å². The van der Waals surface area contributed by atoms with Crippen LogP contribution < -0.4 is 10.6 Å². The van der Waals surface area contributed by atoms with Crippen LogP contribution in [0.2, 0.25) is 0 Å². The largest absolute Gasteiger partial charge is 0.355 e. The molecule has 0 unspecified atom stereocenters. The van der Waals surface area contributed by atoms with Gasteiger partial charge in [0.25, 0.3) is 0 Å². The van der Waals surface area contributed by atoms with Gasteiger partial charge in [-0.25, -0.2) is 8.42 Å². The fraction of sp³-hybridized carbons (Fsp3) is 0.929. The third kappa shape index (κ3) is 9.10. The first-order valence-corrected chi connectivity index (χ1v) is 9.77. The molecule has 0 bridgehead atoms. The van der Waals surface area contributed by atoms with Crippen molar-refractivity contribution in [3.8, 4) is 0 Å². The molecule has 6 nitrogen and oxygen atoms in total. The highest BCUT2D eigenvalue weighted by Crippen LogP contribution is 2.17. The minimum atomic E-state index is -2.81. The zero-order chi connectivity index (χ0) is 15.1. The molecule has 2 fully saturated rings. The zero-order valence-electron chi connectivity index (χ0n) is 13.5. The molecule has 0 aromatic carbocycles. The lowest BCUT2D eigenvalue weighted by atomic mass is 9.93. The van der Waals surface area contributed by atoms with E-state index >= 15 is 0 Å². The van der Waals surface area contributed by atoms with Crippen LogP contribution in [-0.4, -0.2) is 70.0 Å². The van der Waals surface area contributed by atoms with E-state index in [1.54, 1.807) is 0 Å². The molecular formula is C14H29Cl2N3O3S. The standard InChI is InChI=1S/C14H27N3O3S.2ClH/c18-14(2-1-13-3-5-15-6-4-13)16-7-8-17-9-11-21(19,20)12-10-17;;/h13,15H,1-12H2,(H,16,18);2*1H. The van der Waals surface area contributed by atoms with Gasteiger partial charge in [0.2, 0.25) is 5.91 Å². The van der Waals surface area contributed by atoms with E-state index < -0.39 is 9.84 Å². The maximum atomic E-state index is 11.8. The molecule has 0 saturated carbocycles. The van der Waals surface area contributed by atoms with E-state index in [1.165, 1.54) is 12.8 Å². The third-order valence-electron chi connectivity index (χ3n) is 4.43. The number of sulfone groups is 1. The van der Waals surface area contributed by atoms with E-state index in [2.05, 4.69) is 15.5 Å². The molecule has 1 amide bonds. The van der Waals surface area contributed by atoms with Gasteiger partial charge in [0.1, 0.15) is 0 Å². The van der Waals surface area contributed by atoms with Crippen molar-refractivity contribution >= 4 is 40.6 Å². The summed E-state index contributed by atoms with van der Waals surface area (Å²) in [6.45, 7) is 4.69. The molecule has 0 radical (unpaired) electrons. The van der Waals surface area contributed by atoms with Crippen LogP contribution in [0.25, 0.3) is 0 Å². The highest BCUT2D eigenvalue weighted by Gasteiger charge is 2.21. The maximum Gasteiger partial charge on any atom is 0.220 e. The topological polar surface area (TPSA) is 78.5 Å². The number of hydrogen-bond donors (Lipinski definition) is 2. The second kappa shape index (κ2) is 11.5. The summed E-state index contributed by atoms with van der Waals surface area (Å²) in [5, 5.41) is 6.27. The lowest BCUT2D eigenvalue weighted by molar-refractivity contribution is -0.121. The first-order chi connectivity index (χ1) is 10.1. The Morgan fingerprint density at radius 3 is 2.35 bits per heavy atom. The van der Waals surface area contributed by atoms with Gasteiger partial charge in [-0.1, -0.05) is 0 Å². The van der Waals surface area contributed by atoms with Crippen LogP contribution in [0.4, 0.5) is 0 Å². The average molecular weight is 390 g/mol. The van der Waals surface area contributed by atoms with Crippen LogP contribution in [0.3, 0.4) is 0 Å². The van der Waals surface area contributed by atoms with Crippen LogP contribution in [0.15, 0.2) is 0 Å². The van der Waals surface area contributed by atoms with Crippen LogP contribution in [0.5, 0.6) is 0 Å². The molecule has 138 valence electrons. The molecule has 9 heteroatoms. The summed E-state index contributed by atoms with van der Waals surface area (Å²) in [4.78, 5) is 13.9. The summed E-state index contributed by atoms with van der Waals surface area (Å²) < 4.78 is 22.6. The molecule has 23 heavy (non-hydrogen) atoms. The number of nitrogens with zero attached hydrogens (tertiary/aromatic N) is 1. The number of piperidine rings is 1. The van der Waals surface area contributed by atoms with E-state index in [0.29, 0.717) is 32.0 Å². The SMILES string of the molecule is Cl.Cl.O=C(CCC1CCNCC1)NCCN1CCS(=O)(=O)CC1. The Morgan fingerprint density at radius 2 is 1.74 bits per heavy atom. The van der Waals surface area contributed by atoms with Crippen molar-refractivity contribution in [1.82, 2.24) is 15.5 Å². The highest BCUT2D eigenvalue weighted by atomic mass is 35.5. The summed E-state index contributed by atoms with van der Waals surface area (Å²) in [6, 6.07) is 0. The number of hydrogen-bond acceptors (Lipinski definition) is 5. The van der Waals surface area contributed by atoms with Crippen LogP contribution in [0.1, 0.15) is 25.7 Å². The number of nitrogens with one attached hydrogen (secondary N) is 2. The molecule has 2 rings (SSSR count). The maximum absolute atomic E-state index is 11.8. The van der Waals surface area contributed by atoms with Gasteiger partial charge in [0.05, 0.1) is 11.5 Å². The summed E-state index contributed by atoms with van der Waals surface area (Å²) in [5.74, 6) is 1.30. The summed E-state index contributed by atoms with van der Waals surface area (Å²) >= 11 is 0. The monoisotopic (exact) mass is 389 g/mol. The predicted octanol–water partition coefficient (Wildman–Crippen LogP) is 0.456. The number of rotatable bonds is 6. The van der Waals surface area contributed by atoms with Gasteiger partial charge >= 0.3 is 0 Å². The molecule has 2 heterocycles. The van der Waals surface area contributed by atoms with E-state index in [4.69, 9.17) is 0 Å². The van der Waals surface area contributed by atoms with Crippen LogP contribution in [0, 0.1) is 5.92 Å². The molecule has 0 aromatic heterocycles. The zero-order valence-corrected chi connectivity index (χ0v) is 15.9. The van der Waals surface area contributed by atoms with Crippen molar-refractivity contribution < 1.29 is 13.2 Å². The highest BCUT2D eigenvalue weighted by molar-refractivity contribution is 7.91. The average Bonchev–Trinajstić information content (AvgIpc) is 2.48. The number of carbonyl (C=O) groups excluding carboxylic acids is 1. The fourth-order valence-electron chi connectivity index (χ4n) is 2.92. The van der Waals surface area contributed by atoms with Crippen LogP contribution >= 0.6 is 24.8 Å². The Morgan fingerprint density at radius 1 is 1.13 bits per heavy atom. The van der Waals surface area contributed by atoms with Crippen molar-refractivity contribution in [3.63, 3.8) is 0 Å². The third-order valence-corrected chi connectivity index (χ3v) is 6.03. The van der Waals surface area contributed by atoms with E-state index in [9.17, 15) is 13.2 Å². The molecule has 0 aromatic rings. The van der Waals surface area contributed by atoms with E-state index in [1.807, 2.05) is 0 Å². The molecule has 2 aliphatic heterocycles. The molecule has 2 N–H and O–H groups in total. The molecule has 0 atom stereocenters. The fourth-order valence-corrected chi connectivity index (χ4v) is 4.20. The minimum absolute atomic E-state index is 0. The van der Waals surface area contributed by atoms with Crippen LogP contribution in [-0.2, 0) is 14.6 Å². The molecular weight excluding hydrogens is 361 g/mol. The predicted molar refractivity (Wildman–Crippen MR) is 97.4 cm³/mol. The van der Waals surface area contributed by atoms with Gasteiger partial charge in [-0.3, -0.25) is 9.69 Å². The van der Waals surface area contributed by atoms with Crippen molar-refractivity contribution in [2.24, 2.45) is 5.92 Å². The van der Waals surface area contributed by atoms with E-state index in [-0.39, 0.29) is 42.2 Å². The first-order valence-electron chi connectivity index (χ1n) is 7.95. The minimum Gasteiger partial charge on any atom is -0.355 e. The summed E-state index contributed by atoms with van der Waals surface area (Å²) in [5.41, 5.74) is 0. The lowest BCUT2D eigenvalue weighted by Gasteiger charge is -2.26. The number of carbonyl (C=O) groups is 1. The molecule has 0 spiro atoms. The quantitative estimate of drug-likeness (QED) is 0.689. The summed E-state index contributed by atoms with van der Waals surface area (Å²) in [7, 11) is -2.81. The van der Waals surface area contributed by atoms with Crippen molar-refractivity contribution in [1.29, 1.82) is 0 Å².